The highest BCUT2D eigenvalue weighted by Gasteiger charge is 2.45. The van der Waals surface area contributed by atoms with Gasteiger partial charge in [0, 0.05) is 29.2 Å². The van der Waals surface area contributed by atoms with Crippen molar-refractivity contribution in [3.05, 3.63) is 62.9 Å². The van der Waals surface area contributed by atoms with Crippen molar-refractivity contribution in [3.8, 4) is 23.2 Å². The van der Waals surface area contributed by atoms with Gasteiger partial charge < -0.3 is 19.1 Å². The quantitative estimate of drug-likeness (QED) is 0.398. The molecule has 0 amide bonds. The molecule has 1 N–H and O–H groups in total. The number of esters is 1. The van der Waals surface area contributed by atoms with Crippen molar-refractivity contribution >= 4 is 16.9 Å². The number of carbonyl (C=O) groups excluding carboxylic acids is 1. The van der Waals surface area contributed by atoms with Gasteiger partial charge >= 0.3 is 5.97 Å². The largest absolute Gasteiger partial charge is 0.458 e. The summed E-state index contributed by atoms with van der Waals surface area (Å²) in [7, 11) is 1.59. The summed E-state index contributed by atoms with van der Waals surface area (Å²) < 4.78 is 11.8. The molecule has 156 valence electrons. The molecule has 7 nitrogen and oxygen atoms in total. The highest BCUT2D eigenvalue weighted by Crippen LogP contribution is 2.39. The Morgan fingerprint density at radius 1 is 1.29 bits per heavy atom. The first-order valence-electron chi connectivity index (χ1n) is 10.1. The van der Waals surface area contributed by atoms with Gasteiger partial charge in [-0.3, -0.25) is 4.79 Å². The zero-order chi connectivity index (χ0) is 21.8. The number of nitrogens with zero attached hydrogens (tertiary/aromatic N) is 2. The molecule has 0 unspecified atom stereocenters. The molecule has 2 aromatic heterocycles. The molecule has 0 aliphatic carbocycles. The summed E-state index contributed by atoms with van der Waals surface area (Å²) in [5.74, 6) is 5.46. The van der Waals surface area contributed by atoms with Crippen LogP contribution in [0, 0.1) is 11.8 Å². The molecule has 0 radical (unpaired) electrons. The van der Waals surface area contributed by atoms with Crippen molar-refractivity contribution in [3.63, 3.8) is 0 Å². The highest BCUT2D eigenvalue weighted by molar-refractivity contribution is 5.91. The van der Waals surface area contributed by atoms with Gasteiger partial charge in [0.2, 0.25) is 0 Å². The van der Waals surface area contributed by atoms with E-state index in [1.165, 1.54) is 0 Å². The van der Waals surface area contributed by atoms with E-state index in [9.17, 15) is 14.7 Å². The number of fused-ring (bicyclic) bond motifs is 5. The van der Waals surface area contributed by atoms with E-state index in [1.54, 1.807) is 24.7 Å². The Kier molecular flexibility index (Phi) is 4.43. The van der Waals surface area contributed by atoms with Gasteiger partial charge in [-0.2, -0.15) is 0 Å². The van der Waals surface area contributed by atoms with Gasteiger partial charge in [-0.05, 0) is 18.6 Å². The van der Waals surface area contributed by atoms with Gasteiger partial charge in [0.1, 0.15) is 13.2 Å². The lowest BCUT2D eigenvalue weighted by atomic mass is 9.86. The second kappa shape index (κ2) is 7.05. The number of benzene rings is 1. The molecule has 1 atom stereocenters. The molecule has 7 heteroatoms. The SMILES string of the molecule is CC[C@@]1(O)C(=O)OCc2c1cc1n(c2=O)Cc2c-1nc1ccccc1c2C#CCOC. The van der Waals surface area contributed by atoms with Crippen LogP contribution >= 0.6 is 0 Å². The van der Waals surface area contributed by atoms with Crippen LogP contribution in [-0.2, 0) is 33.0 Å². The maximum atomic E-state index is 13.3. The molecule has 2 aliphatic rings. The van der Waals surface area contributed by atoms with E-state index in [4.69, 9.17) is 14.5 Å². The molecule has 5 rings (SSSR count). The molecule has 0 bridgehead atoms. The number of cyclic esters (lactones) is 1. The molecular weight excluding hydrogens is 396 g/mol. The summed E-state index contributed by atoms with van der Waals surface area (Å²) in [6.07, 6.45) is 0.105. The monoisotopic (exact) mass is 416 g/mol. The summed E-state index contributed by atoms with van der Waals surface area (Å²) in [5, 5.41) is 11.9. The van der Waals surface area contributed by atoms with Crippen molar-refractivity contribution in [2.45, 2.75) is 32.1 Å². The van der Waals surface area contributed by atoms with Crippen molar-refractivity contribution in [2.24, 2.45) is 0 Å². The molecular formula is C24H20N2O5. The predicted octanol–water partition coefficient (Wildman–Crippen LogP) is 2.08. The van der Waals surface area contributed by atoms with Crippen LogP contribution in [0.4, 0.5) is 0 Å². The fourth-order valence-corrected chi connectivity index (χ4v) is 4.37. The second-order valence-corrected chi connectivity index (χ2v) is 7.67. The number of pyridine rings is 2. The minimum absolute atomic E-state index is 0.105. The molecule has 4 heterocycles. The average molecular weight is 416 g/mol. The lowest BCUT2D eigenvalue weighted by Crippen LogP contribution is -2.44. The van der Waals surface area contributed by atoms with Crippen LogP contribution in [-0.4, -0.2) is 34.3 Å². The lowest BCUT2D eigenvalue weighted by Gasteiger charge is -2.31. The molecule has 0 fully saturated rings. The second-order valence-electron chi connectivity index (χ2n) is 7.67. The summed E-state index contributed by atoms with van der Waals surface area (Å²) in [4.78, 5) is 30.5. The number of aliphatic hydroxyl groups is 1. The molecule has 0 saturated heterocycles. The Labute approximate surface area is 178 Å². The van der Waals surface area contributed by atoms with E-state index in [0.717, 1.165) is 22.0 Å². The molecule has 31 heavy (non-hydrogen) atoms. The first-order chi connectivity index (χ1) is 15.0. The molecule has 2 aliphatic heterocycles. The molecule has 1 aromatic carbocycles. The summed E-state index contributed by atoms with van der Waals surface area (Å²) in [6.45, 7) is 2.13. The number of hydrogen-bond acceptors (Lipinski definition) is 6. The van der Waals surface area contributed by atoms with Gasteiger partial charge in [-0.1, -0.05) is 37.0 Å². The van der Waals surface area contributed by atoms with Gasteiger partial charge in [-0.25, -0.2) is 9.78 Å². The smallest absolute Gasteiger partial charge is 0.343 e. The molecule has 0 spiro atoms. The number of rotatable bonds is 2. The maximum Gasteiger partial charge on any atom is 0.343 e. The van der Waals surface area contributed by atoms with Crippen molar-refractivity contribution < 1.29 is 19.4 Å². The van der Waals surface area contributed by atoms with Crippen molar-refractivity contribution in [1.29, 1.82) is 0 Å². The Bertz CT molecular complexity index is 1380. The zero-order valence-corrected chi connectivity index (χ0v) is 17.2. The van der Waals surface area contributed by atoms with Gasteiger partial charge in [0.15, 0.2) is 5.60 Å². The van der Waals surface area contributed by atoms with Crippen LogP contribution < -0.4 is 5.56 Å². The number of hydrogen-bond donors (Lipinski definition) is 1. The van der Waals surface area contributed by atoms with Crippen LogP contribution in [0.1, 0.15) is 35.6 Å². The van der Waals surface area contributed by atoms with E-state index in [-0.39, 0.29) is 25.2 Å². The Hall–Kier alpha value is -3.47. The Balaban J connectivity index is 1.81. The Morgan fingerprint density at radius 2 is 2.10 bits per heavy atom. The van der Waals surface area contributed by atoms with Crippen LogP contribution in [0.2, 0.25) is 0 Å². The number of aromatic nitrogens is 2. The number of methoxy groups -OCH3 is 1. The van der Waals surface area contributed by atoms with E-state index in [1.807, 2.05) is 24.3 Å². The average Bonchev–Trinajstić information content (AvgIpc) is 3.15. The number of para-hydroxylation sites is 1. The van der Waals surface area contributed by atoms with Crippen LogP contribution in [0.5, 0.6) is 0 Å². The first-order valence-corrected chi connectivity index (χ1v) is 10.1. The third-order valence-electron chi connectivity index (χ3n) is 6.02. The van der Waals surface area contributed by atoms with Crippen LogP contribution in [0.25, 0.3) is 22.3 Å². The summed E-state index contributed by atoms with van der Waals surface area (Å²) in [6, 6.07) is 9.39. The lowest BCUT2D eigenvalue weighted by molar-refractivity contribution is -0.172. The fourth-order valence-electron chi connectivity index (χ4n) is 4.37. The van der Waals surface area contributed by atoms with Crippen molar-refractivity contribution in [2.75, 3.05) is 13.7 Å². The van der Waals surface area contributed by atoms with Crippen molar-refractivity contribution in [1.82, 2.24) is 9.55 Å². The molecule has 0 saturated carbocycles. The predicted molar refractivity (Wildman–Crippen MR) is 113 cm³/mol. The third kappa shape index (κ3) is 2.73. The van der Waals surface area contributed by atoms with E-state index in [2.05, 4.69) is 11.8 Å². The van der Waals surface area contributed by atoms with E-state index in [0.29, 0.717) is 29.1 Å². The van der Waals surface area contributed by atoms with Crippen LogP contribution in [0.3, 0.4) is 0 Å². The number of ether oxygens (including phenoxy) is 2. The number of carbonyl (C=O) groups is 1. The first kappa shape index (κ1) is 19.5. The molecule has 3 aromatic rings. The summed E-state index contributed by atoms with van der Waals surface area (Å²) in [5.41, 5.74) is 2.08. The highest BCUT2D eigenvalue weighted by atomic mass is 16.6. The normalized spacial score (nSPS) is 18.6. The topological polar surface area (TPSA) is 90.7 Å². The zero-order valence-electron chi connectivity index (χ0n) is 17.2. The maximum absolute atomic E-state index is 13.3. The Morgan fingerprint density at radius 3 is 2.87 bits per heavy atom. The van der Waals surface area contributed by atoms with Gasteiger partial charge in [0.05, 0.1) is 29.0 Å². The standard InChI is InChI=1S/C24H20N2O5/c1-3-24(29)18-11-20-21-16(12-26(20)22(27)17(18)13-31-23(24)28)14(8-6-10-30-2)15-7-4-5-9-19(15)25-21/h4-5,7,9,11,29H,3,10,12-13H2,1-2H3/t24-/m0/s1. The van der Waals surface area contributed by atoms with Gasteiger partial charge in [-0.15, -0.1) is 0 Å². The van der Waals surface area contributed by atoms with Gasteiger partial charge in [0.25, 0.3) is 5.56 Å². The fraction of sp³-hybridized carbons (Fsp3) is 0.292. The summed E-state index contributed by atoms with van der Waals surface area (Å²) >= 11 is 0. The minimum atomic E-state index is -1.84. The minimum Gasteiger partial charge on any atom is -0.458 e. The van der Waals surface area contributed by atoms with E-state index < -0.39 is 11.6 Å². The third-order valence-corrected chi connectivity index (χ3v) is 6.02. The van der Waals surface area contributed by atoms with E-state index >= 15 is 0 Å². The van der Waals surface area contributed by atoms with Crippen LogP contribution in [0.15, 0.2) is 35.1 Å².